The maximum absolute atomic E-state index is 12.7. The van der Waals surface area contributed by atoms with Gasteiger partial charge in [0.1, 0.15) is 11.8 Å². The van der Waals surface area contributed by atoms with Crippen molar-refractivity contribution < 1.29 is 14.3 Å². The van der Waals surface area contributed by atoms with Gasteiger partial charge in [-0.1, -0.05) is 24.6 Å². The molecule has 2 fully saturated rings. The lowest BCUT2D eigenvalue weighted by Crippen LogP contribution is -2.50. The van der Waals surface area contributed by atoms with Gasteiger partial charge in [-0.25, -0.2) is 0 Å². The first-order valence-electron chi connectivity index (χ1n) is 8.43. The molecule has 24 heavy (non-hydrogen) atoms. The summed E-state index contributed by atoms with van der Waals surface area (Å²) in [5, 5.41) is 3.05. The SMILES string of the molecule is COc1ccccc1C(C)NC(=O)C1CSCN1C(=O)C1CCC1. The largest absolute Gasteiger partial charge is 0.496 e. The van der Waals surface area contributed by atoms with Crippen molar-refractivity contribution in [3.05, 3.63) is 29.8 Å². The Hall–Kier alpha value is -1.69. The maximum Gasteiger partial charge on any atom is 0.244 e. The van der Waals surface area contributed by atoms with E-state index in [2.05, 4.69) is 5.32 Å². The van der Waals surface area contributed by atoms with Gasteiger partial charge in [0.25, 0.3) is 0 Å². The third-order valence-electron chi connectivity index (χ3n) is 4.89. The Bertz CT molecular complexity index is 618. The second-order valence-electron chi connectivity index (χ2n) is 6.42. The standard InChI is InChI=1S/C18H24N2O3S/c1-12(14-8-3-4-9-16(14)23-2)19-17(21)15-10-24-11-20(15)18(22)13-6-5-7-13/h3-4,8-9,12-13,15H,5-7,10-11H2,1-2H3,(H,19,21). The van der Waals surface area contributed by atoms with E-state index < -0.39 is 0 Å². The number of rotatable bonds is 5. The molecule has 0 radical (unpaired) electrons. The van der Waals surface area contributed by atoms with Crippen LogP contribution in [0.2, 0.25) is 0 Å². The van der Waals surface area contributed by atoms with Gasteiger partial charge in [-0.15, -0.1) is 11.8 Å². The van der Waals surface area contributed by atoms with Crippen molar-refractivity contribution in [1.82, 2.24) is 10.2 Å². The van der Waals surface area contributed by atoms with Crippen LogP contribution in [-0.4, -0.2) is 41.5 Å². The van der Waals surface area contributed by atoms with E-state index >= 15 is 0 Å². The first-order valence-corrected chi connectivity index (χ1v) is 9.58. The number of amides is 2. The maximum atomic E-state index is 12.7. The quantitative estimate of drug-likeness (QED) is 0.888. The third-order valence-corrected chi connectivity index (χ3v) is 5.90. The number of methoxy groups -OCH3 is 1. The van der Waals surface area contributed by atoms with Crippen molar-refractivity contribution in [2.45, 2.75) is 38.3 Å². The summed E-state index contributed by atoms with van der Waals surface area (Å²) in [5.41, 5.74) is 0.941. The number of nitrogens with zero attached hydrogens (tertiary/aromatic N) is 1. The minimum Gasteiger partial charge on any atom is -0.496 e. The fraction of sp³-hybridized carbons (Fsp3) is 0.556. The molecule has 1 heterocycles. The Balaban J connectivity index is 1.66. The smallest absolute Gasteiger partial charge is 0.244 e. The minimum absolute atomic E-state index is 0.0777. The van der Waals surface area contributed by atoms with Crippen molar-refractivity contribution in [1.29, 1.82) is 0 Å². The summed E-state index contributed by atoms with van der Waals surface area (Å²) in [4.78, 5) is 27.0. The van der Waals surface area contributed by atoms with Crippen LogP contribution in [0.1, 0.15) is 37.8 Å². The van der Waals surface area contributed by atoms with Crippen LogP contribution in [-0.2, 0) is 9.59 Å². The number of ether oxygens (including phenoxy) is 1. The van der Waals surface area contributed by atoms with Crippen molar-refractivity contribution >= 4 is 23.6 Å². The third kappa shape index (κ3) is 3.38. The number of hydrogen-bond donors (Lipinski definition) is 1. The van der Waals surface area contributed by atoms with E-state index in [0.29, 0.717) is 11.6 Å². The number of benzene rings is 1. The molecule has 0 spiro atoms. The van der Waals surface area contributed by atoms with Crippen LogP contribution in [0.3, 0.4) is 0 Å². The van der Waals surface area contributed by atoms with Crippen LogP contribution in [0.15, 0.2) is 24.3 Å². The number of nitrogens with one attached hydrogen (secondary N) is 1. The molecule has 0 bridgehead atoms. The summed E-state index contributed by atoms with van der Waals surface area (Å²) in [6, 6.07) is 7.14. The average molecular weight is 348 g/mol. The van der Waals surface area contributed by atoms with Crippen LogP contribution in [0.5, 0.6) is 5.75 Å². The molecule has 1 aromatic rings. The molecule has 1 aliphatic carbocycles. The highest BCUT2D eigenvalue weighted by atomic mass is 32.2. The normalized spacial score (nSPS) is 21.9. The Kier molecular flexibility index (Phi) is 5.33. The molecule has 5 nitrogen and oxygen atoms in total. The monoisotopic (exact) mass is 348 g/mol. The Morgan fingerprint density at radius 1 is 1.33 bits per heavy atom. The zero-order chi connectivity index (χ0) is 17.1. The van der Waals surface area contributed by atoms with E-state index in [1.54, 1.807) is 23.8 Å². The van der Waals surface area contributed by atoms with Crippen molar-refractivity contribution in [3.63, 3.8) is 0 Å². The molecule has 2 unspecified atom stereocenters. The number of carbonyl (C=O) groups excluding carboxylic acids is 2. The van der Waals surface area contributed by atoms with Gasteiger partial charge in [-0.2, -0.15) is 0 Å². The fourth-order valence-electron chi connectivity index (χ4n) is 3.18. The topological polar surface area (TPSA) is 58.6 Å². The Labute approximate surface area is 147 Å². The summed E-state index contributed by atoms with van der Waals surface area (Å²) < 4.78 is 5.37. The van der Waals surface area contributed by atoms with Crippen LogP contribution in [0.4, 0.5) is 0 Å². The van der Waals surface area contributed by atoms with Gasteiger partial charge in [0.05, 0.1) is 19.0 Å². The Morgan fingerprint density at radius 3 is 2.75 bits per heavy atom. The second kappa shape index (κ2) is 7.47. The molecule has 1 saturated carbocycles. The highest BCUT2D eigenvalue weighted by molar-refractivity contribution is 7.99. The van der Waals surface area contributed by atoms with Crippen LogP contribution in [0, 0.1) is 5.92 Å². The molecule has 1 N–H and O–H groups in total. The van der Waals surface area contributed by atoms with E-state index in [0.717, 1.165) is 30.6 Å². The summed E-state index contributed by atoms with van der Waals surface area (Å²) >= 11 is 1.65. The van der Waals surface area contributed by atoms with E-state index in [9.17, 15) is 9.59 Å². The molecule has 0 aromatic heterocycles. The summed E-state index contributed by atoms with van der Waals surface area (Å²) in [6.45, 7) is 1.94. The van der Waals surface area contributed by atoms with E-state index in [1.165, 1.54) is 0 Å². The summed E-state index contributed by atoms with van der Waals surface area (Å²) in [5.74, 6) is 2.25. The first kappa shape index (κ1) is 17.1. The first-order chi connectivity index (χ1) is 11.6. The fourth-order valence-corrected chi connectivity index (χ4v) is 4.34. The number of carbonyl (C=O) groups is 2. The van der Waals surface area contributed by atoms with Crippen molar-refractivity contribution in [3.8, 4) is 5.75 Å². The number of thioether (sulfide) groups is 1. The molecular formula is C18H24N2O3S. The van der Waals surface area contributed by atoms with Gasteiger partial charge in [0.15, 0.2) is 0 Å². The highest BCUT2D eigenvalue weighted by Crippen LogP contribution is 2.32. The average Bonchev–Trinajstić information content (AvgIpc) is 3.02. The van der Waals surface area contributed by atoms with Gasteiger partial charge in [-0.3, -0.25) is 9.59 Å². The molecule has 1 aromatic carbocycles. The van der Waals surface area contributed by atoms with E-state index in [-0.39, 0.29) is 29.8 Å². The zero-order valence-corrected chi connectivity index (χ0v) is 15.0. The number of para-hydroxylation sites is 1. The molecule has 1 aliphatic heterocycles. The van der Waals surface area contributed by atoms with E-state index in [4.69, 9.17) is 4.74 Å². The predicted octanol–water partition coefficient (Wildman–Crippen LogP) is 2.57. The molecule has 130 valence electrons. The highest BCUT2D eigenvalue weighted by Gasteiger charge is 2.39. The molecule has 1 saturated heterocycles. The minimum atomic E-state index is -0.361. The zero-order valence-electron chi connectivity index (χ0n) is 14.2. The van der Waals surface area contributed by atoms with Crippen LogP contribution < -0.4 is 10.1 Å². The molecule has 2 amide bonds. The molecule has 2 atom stereocenters. The van der Waals surface area contributed by atoms with E-state index in [1.807, 2.05) is 31.2 Å². The van der Waals surface area contributed by atoms with Crippen molar-refractivity contribution in [2.24, 2.45) is 5.92 Å². The van der Waals surface area contributed by atoms with Gasteiger partial charge < -0.3 is 15.0 Å². The van der Waals surface area contributed by atoms with Gasteiger partial charge in [-0.05, 0) is 25.8 Å². The predicted molar refractivity (Wildman–Crippen MR) is 94.9 cm³/mol. The van der Waals surface area contributed by atoms with Crippen LogP contribution in [0.25, 0.3) is 0 Å². The summed E-state index contributed by atoms with van der Waals surface area (Å²) in [7, 11) is 1.63. The van der Waals surface area contributed by atoms with Crippen LogP contribution >= 0.6 is 11.8 Å². The lowest BCUT2D eigenvalue weighted by molar-refractivity contribution is -0.143. The van der Waals surface area contributed by atoms with Gasteiger partial charge >= 0.3 is 0 Å². The summed E-state index contributed by atoms with van der Waals surface area (Å²) in [6.07, 6.45) is 3.05. The molecule has 2 aliphatic rings. The number of hydrogen-bond acceptors (Lipinski definition) is 4. The van der Waals surface area contributed by atoms with Gasteiger partial charge in [0.2, 0.25) is 11.8 Å². The Morgan fingerprint density at radius 2 is 2.08 bits per heavy atom. The molecule has 3 rings (SSSR count). The van der Waals surface area contributed by atoms with Crippen molar-refractivity contribution in [2.75, 3.05) is 18.7 Å². The lowest BCUT2D eigenvalue weighted by Gasteiger charge is -2.32. The lowest BCUT2D eigenvalue weighted by atomic mass is 9.84. The molecule has 6 heteroatoms. The second-order valence-corrected chi connectivity index (χ2v) is 7.42. The van der Waals surface area contributed by atoms with Gasteiger partial charge in [0, 0.05) is 17.2 Å². The molecular weight excluding hydrogens is 324 g/mol.